The minimum absolute atomic E-state index is 0.0354. The number of nitrogens with two attached hydrogens (primary N) is 1. The minimum Gasteiger partial charge on any atom is -0.364 e. The molecule has 0 saturated carbocycles. The van der Waals surface area contributed by atoms with Crippen LogP contribution in [0.25, 0.3) is 0 Å². The third kappa shape index (κ3) is 2.68. The molecule has 0 aliphatic carbocycles. The summed E-state index contributed by atoms with van der Waals surface area (Å²) in [5.74, 6) is -0.223. The highest BCUT2D eigenvalue weighted by Crippen LogP contribution is 2.29. The largest absolute Gasteiger partial charge is 0.364 e. The average molecular weight is 272 g/mol. The van der Waals surface area contributed by atoms with Gasteiger partial charge < -0.3 is 10.6 Å². The maximum Gasteiger partial charge on any atom is 0.146 e. The highest BCUT2D eigenvalue weighted by atomic mass is 19.1. The Morgan fingerprint density at radius 1 is 1.10 bits per heavy atom. The van der Waals surface area contributed by atoms with Crippen LogP contribution in [0, 0.1) is 19.7 Å². The van der Waals surface area contributed by atoms with Crippen LogP contribution in [0.3, 0.4) is 0 Å². The summed E-state index contributed by atoms with van der Waals surface area (Å²) in [5, 5.41) is 0. The van der Waals surface area contributed by atoms with Gasteiger partial charge in [-0.1, -0.05) is 30.3 Å². The van der Waals surface area contributed by atoms with Crippen LogP contribution >= 0.6 is 0 Å². The molecule has 0 amide bonds. The van der Waals surface area contributed by atoms with Gasteiger partial charge in [-0.05, 0) is 42.7 Å². The van der Waals surface area contributed by atoms with Crippen molar-refractivity contribution in [1.29, 1.82) is 0 Å². The summed E-state index contributed by atoms with van der Waals surface area (Å²) in [7, 11) is 1.89. The fourth-order valence-corrected chi connectivity index (χ4v) is 2.53. The molecule has 0 aromatic heterocycles. The van der Waals surface area contributed by atoms with Crippen LogP contribution in [0.5, 0.6) is 0 Å². The number of anilines is 1. The van der Waals surface area contributed by atoms with Crippen molar-refractivity contribution in [2.24, 2.45) is 5.73 Å². The zero-order chi connectivity index (χ0) is 14.7. The zero-order valence-corrected chi connectivity index (χ0v) is 12.2. The topological polar surface area (TPSA) is 29.3 Å². The van der Waals surface area contributed by atoms with Crippen LogP contribution in [-0.4, -0.2) is 13.6 Å². The number of benzene rings is 2. The van der Waals surface area contributed by atoms with Crippen LogP contribution in [0.2, 0.25) is 0 Å². The lowest BCUT2D eigenvalue weighted by Gasteiger charge is -2.31. The van der Waals surface area contributed by atoms with Gasteiger partial charge in [0.2, 0.25) is 0 Å². The van der Waals surface area contributed by atoms with Gasteiger partial charge in [0.1, 0.15) is 5.82 Å². The normalized spacial score (nSPS) is 12.2. The van der Waals surface area contributed by atoms with E-state index < -0.39 is 0 Å². The van der Waals surface area contributed by atoms with Gasteiger partial charge in [0.15, 0.2) is 0 Å². The van der Waals surface area contributed by atoms with Crippen LogP contribution in [-0.2, 0) is 0 Å². The number of aryl methyl sites for hydroxylation is 1. The Hall–Kier alpha value is -1.87. The average Bonchev–Trinajstić information content (AvgIpc) is 2.44. The smallest absolute Gasteiger partial charge is 0.146 e. The standard InChI is InChI=1S/C17H21FN2/c1-12-7-6-8-14(13(12)2)17(11-19)20(3)16-10-5-4-9-15(16)18/h4-10,17H,11,19H2,1-3H3. The molecule has 0 bridgehead atoms. The zero-order valence-electron chi connectivity index (χ0n) is 12.2. The molecule has 0 fully saturated rings. The number of hydrogen-bond donors (Lipinski definition) is 1. The Kier molecular flexibility index (Phi) is 4.40. The van der Waals surface area contributed by atoms with Crippen LogP contribution in [0.4, 0.5) is 10.1 Å². The van der Waals surface area contributed by atoms with E-state index >= 15 is 0 Å². The quantitative estimate of drug-likeness (QED) is 0.921. The second kappa shape index (κ2) is 6.06. The van der Waals surface area contributed by atoms with E-state index in [4.69, 9.17) is 5.73 Å². The molecule has 2 aromatic carbocycles. The van der Waals surface area contributed by atoms with Crippen LogP contribution < -0.4 is 10.6 Å². The number of halogens is 1. The molecule has 0 heterocycles. The first-order valence-corrected chi connectivity index (χ1v) is 6.79. The monoisotopic (exact) mass is 272 g/mol. The summed E-state index contributed by atoms with van der Waals surface area (Å²) in [6.07, 6.45) is 0. The number of likely N-dealkylation sites (N-methyl/N-ethyl adjacent to an activating group) is 1. The van der Waals surface area contributed by atoms with Crippen molar-refractivity contribution in [3.05, 3.63) is 65.0 Å². The van der Waals surface area contributed by atoms with E-state index in [-0.39, 0.29) is 11.9 Å². The van der Waals surface area contributed by atoms with Crippen molar-refractivity contribution in [2.45, 2.75) is 19.9 Å². The van der Waals surface area contributed by atoms with Gasteiger partial charge in [0.05, 0.1) is 11.7 Å². The third-order valence-electron chi connectivity index (χ3n) is 3.93. The second-order valence-electron chi connectivity index (χ2n) is 5.10. The Balaban J connectivity index is 2.42. The number of rotatable bonds is 4. The van der Waals surface area contributed by atoms with Crippen LogP contribution in [0.15, 0.2) is 42.5 Å². The Morgan fingerprint density at radius 3 is 2.45 bits per heavy atom. The van der Waals surface area contributed by atoms with Gasteiger partial charge in [0, 0.05) is 13.6 Å². The summed E-state index contributed by atoms with van der Waals surface area (Å²) < 4.78 is 13.9. The van der Waals surface area contributed by atoms with E-state index in [1.165, 1.54) is 17.2 Å². The molecule has 0 aliphatic heterocycles. The Morgan fingerprint density at radius 2 is 1.80 bits per heavy atom. The second-order valence-corrected chi connectivity index (χ2v) is 5.10. The van der Waals surface area contributed by atoms with E-state index in [1.807, 2.05) is 24.1 Å². The van der Waals surface area contributed by atoms with E-state index in [0.29, 0.717) is 12.2 Å². The number of para-hydroxylation sites is 1. The highest BCUT2D eigenvalue weighted by Gasteiger charge is 2.20. The molecule has 20 heavy (non-hydrogen) atoms. The highest BCUT2D eigenvalue weighted by molar-refractivity contribution is 5.51. The van der Waals surface area contributed by atoms with Crippen molar-refractivity contribution < 1.29 is 4.39 Å². The van der Waals surface area contributed by atoms with E-state index in [9.17, 15) is 4.39 Å². The van der Waals surface area contributed by atoms with E-state index in [1.54, 1.807) is 12.1 Å². The van der Waals surface area contributed by atoms with Gasteiger partial charge in [-0.25, -0.2) is 4.39 Å². The maximum atomic E-state index is 13.9. The number of hydrogen-bond acceptors (Lipinski definition) is 2. The van der Waals surface area contributed by atoms with Gasteiger partial charge >= 0.3 is 0 Å². The summed E-state index contributed by atoms with van der Waals surface area (Å²) in [4.78, 5) is 1.91. The van der Waals surface area contributed by atoms with E-state index in [2.05, 4.69) is 26.0 Å². The Bertz CT molecular complexity index is 595. The molecule has 1 unspecified atom stereocenters. The lowest BCUT2D eigenvalue weighted by molar-refractivity contribution is 0.602. The van der Waals surface area contributed by atoms with Gasteiger partial charge in [0.25, 0.3) is 0 Å². The fourth-order valence-electron chi connectivity index (χ4n) is 2.53. The molecule has 0 radical (unpaired) electrons. The summed E-state index contributed by atoms with van der Waals surface area (Å²) in [6, 6.07) is 12.9. The SMILES string of the molecule is Cc1cccc(C(CN)N(C)c2ccccc2F)c1C. The molecule has 2 N–H and O–H groups in total. The molecule has 2 aromatic rings. The van der Waals surface area contributed by atoms with Crippen molar-refractivity contribution in [3.8, 4) is 0 Å². The van der Waals surface area contributed by atoms with Gasteiger partial charge in [-0.2, -0.15) is 0 Å². The molecule has 2 rings (SSSR count). The molecule has 0 aliphatic rings. The molecular formula is C17H21FN2. The molecule has 2 nitrogen and oxygen atoms in total. The fraction of sp³-hybridized carbons (Fsp3) is 0.294. The Labute approximate surface area is 120 Å². The minimum atomic E-state index is -0.223. The van der Waals surface area contributed by atoms with Gasteiger partial charge in [-0.15, -0.1) is 0 Å². The van der Waals surface area contributed by atoms with Crippen molar-refractivity contribution in [1.82, 2.24) is 0 Å². The first-order valence-electron chi connectivity index (χ1n) is 6.79. The van der Waals surface area contributed by atoms with Crippen molar-refractivity contribution in [2.75, 3.05) is 18.5 Å². The third-order valence-corrected chi connectivity index (χ3v) is 3.93. The molecule has 3 heteroatoms. The molecule has 106 valence electrons. The summed E-state index contributed by atoms with van der Waals surface area (Å²) in [6.45, 7) is 4.60. The summed E-state index contributed by atoms with van der Waals surface area (Å²) >= 11 is 0. The van der Waals surface area contributed by atoms with Crippen molar-refractivity contribution >= 4 is 5.69 Å². The number of nitrogens with zero attached hydrogens (tertiary/aromatic N) is 1. The predicted molar refractivity (Wildman–Crippen MR) is 82.5 cm³/mol. The summed E-state index contributed by atoms with van der Waals surface area (Å²) in [5.41, 5.74) is 10.1. The van der Waals surface area contributed by atoms with Crippen LogP contribution in [0.1, 0.15) is 22.7 Å². The molecule has 0 saturated heterocycles. The lowest BCUT2D eigenvalue weighted by atomic mass is 9.96. The lowest BCUT2D eigenvalue weighted by Crippen LogP contribution is -2.31. The maximum absolute atomic E-state index is 13.9. The first-order chi connectivity index (χ1) is 9.56. The predicted octanol–water partition coefficient (Wildman–Crippen LogP) is 3.58. The molecular weight excluding hydrogens is 251 g/mol. The molecule has 1 atom stereocenters. The van der Waals surface area contributed by atoms with Crippen molar-refractivity contribution in [3.63, 3.8) is 0 Å². The molecule has 0 spiro atoms. The van der Waals surface area contributed by atoms with E-state index in [0.717, 1.165) is 5.56 Å². The first kappa shape index (κ1) is 14.5. The van der Waals surface area contributed by atoms with Gasteiger partial charge in [-0.3, -0.25) is 0 Å².